The van der Waals surface area contributed by atoms with E-state index in [9.17, 15) is 4.79 Å². The maximum atomic E-state index is 12.1. The van der Waals surface area contributed by atoms with Crippen LogP contribution in [-0.4, -0.2) is 32.5 Å². The van der Waals surface area contributed by atoms with E-state index in [4.69, 9.17) is 4.42 Å². The van der Waals surface area contributed by atoms with Gasteiger partial charge < -0.3 is 9.32 Å². The van der Waals surface area contributed by atoms with Gasteiger partial charge in [0, 0.05) is 35.4 Å². The molecule has 1 saturated heterocycles. The number of hydrogen-bond acceptors (Lipinski definition) is 7. The number of amides is 1. The van der Waals surface area contributed by atoms with Crippen LogP contribution in [0.5, 0.6) is 0 Å². The maximum absolute atomic E-state index is 12.1. The Balaban J connectivity index is 1.33. The summed E-state index contributed by atoms with van der Waals surface area (Å²) >= 11 is 3.19. The number of thiazole rings is 1. The van der Waals surface area contributed by atoms with Gasteiger partial charge in [-0.15, -0.1) is 21.5 Å². The minimum atomic E-state index is 0.179. The van der Waals surface area contributed by atoms with Crippen molar-refractivity contribution in [3.63, 3.8) is 0 Å². The molecule has 0 aliphatic carbocycles. The lowest BCUT2D eigenvalue weighted by Crippen LogP contribution is -2.29. The lowest BCUT2D eigenvalue weighted by Gasteiger charge is -2.17. The molecular formula is C22H26N4O2S2. The summed E-state index contributed by atoms with van der Waals surface area (Å²) in [7, 11) is 0. The molecule has 0 N–H and O–H groups in total. The van der Waals surface area contributed by atoms with E-state index in [0.717, 1.165) is 47.0 Å². The maximum Gasteiger partial charge on any atom is 0.277 e. The molecule has 1 fully saturated rings. The van der Waals surface area contributed by atoms with Crippen LogP contribution in [0.1, 0.15) is 61.8 Å². The van der Waals surface area contributed by atoms with Gasteiger partial charge in [0.05, 0.1) is 6.54 Å². The Kier molecular flexibility index (Phi) is 6.84. The third-order valence-corrected chi connectivity index (χ3v) is 7.26. The quantitative estimate of drug-likeness (QED) is 0.449. The molecule has 1 aliphatic rings. The van der Waals surface area contributed by atoms with Crippen LogP contribution in [0.15, 0.2) is 40.1 Å². The summed E-state index contributed by atoms with van der Waals surface area (Å²) in [6, 6.07) is 8.62. The molecular weight excluding hydrogens is 416 g/mol. The van der Waals surface area contributed by atoms with Gasteiger partial charge in [-0.1, -0.05) is 56.3 Å². The highest BCUT2D eigenvalue weighted by molar-refractivity contribution is 7.98. The molecule has 158 valence electrons. The highest BCUT2D eigenvalue weighted by Crippen LogP contribution is 2.30. The van der Waals surface area contributed by atoms with Crippen LogP contribution in [-0.2, 0) is 17.1 Å². The lowest BCUT2D eigenvalue weighted by molar-refractivity contribution is -0.131. The monoisotopic (exact) mass is 442 g/mol. The zero-order valence-electron chi connectivity index (χ0n) is 17.3. The van der Waals surface area contributed by atoms with E-state index in [0.29, 0.717) is 30.0 Å². The summed E-state index contributed by atoms with van der Waals surface area (Å²) in [5, 5.41) is 9.80. The molecule has 1 aliphatic heterocycles. The molecule has 0 radical (unpaired) electrons. The van der Waals surface area contributed by atoms with E-state index in [1.807, 2.05) is 11.1 Å². The predicted octanol–water partition coefficient (Wildman–Crippen LogP) is 5.51. The number of carbonyl (C=O) groups excluding carboxylic acids is 1. The second-order valence-corrected chi connectivity index (χ2v) is 9.83. The molecule has 0 spiro atoms. The van der Waals surface area contributed by atoms with Crippen LogP contribution in [0.4, 0.5) is 0 Å². The second-order valence-electron chi connectivity index (χ2n) is 7.78. The largest absolute Gasteiger partial charge is 0.414 e. The minimum Gasteiger partial charge on any atom is -0.414 e. The van der Waals surface area contributed by atoms with E-state index in [1.54, 1.807) is 11.3 Å². The van der Waals surface area contributed by atoms with Gasteiger partial charge in [0.1, 0.15) is 5.01 Å². The van der Waals surface area contributed by atoms with Crippen LogP contribution in [0, 0.1) is 0 Å². The summed E-state index contributed by atoms with van der Waals surface area (Å²) in [4.78, 5) is 19.7. The zero-order valence-corrected chi connectivity index (χ0v) is 19.0. The van der Waals surface area contributed by atoms with Crippen LogP contribution >= 0.6 is 23.1 Å². The number of benzene rings is 1. The van der Waals surface area contributed by atoms with E-state index in [-0.39, 0.29) is 5.91 Å². The average molecular weight is 443 g/mol. The Labute approximate surface area is 185 Å². The summed E-state index contributed by atoms with van der Waals surface area (Å²) in [6.07, 6.45) is 5.64. The highest BCUT2D eigenvalue weighted by Gasteiger charge is 2.19. The van der Waals surface area contributed by atoms with Gasteiger partial charge in [-0.2, -0.15) is 0 Å². The van der Waals surface area contributed by atoms with Gasteiger partial charge in [-0.05, 0) is 24.3 Å². The topological polar surface area (TPSA) is 72.1 Å². The Morgan fingerprint density at radius 3 is 2.80 bits per heavy atom. The second kappa shape index (κ2) is 9.75. The van der Waals surface area contributed by atoms with E-state index in [1.165, 1.54) is 17.3 Å². The molecule has 2 aromatic heterocycles. The van der Waals surface area contributed by atoms with Crippen molar-refractivity contribution in [3.8, 4) is 10.6 Å². The van der Waals surface area contributed by atoms with E-state index >= 15 is 0 Å². The van der Waals surface area contributed by atoms with Gasteiger partial charge in [0.25, 0.3) is 5.22 Å². The fourth-order valence-corrected chi connectivity index (χ4v) is 5.10. The number of likely N-dealkylation sites (tertiary alicyclic amines) is 1. The molecule has 0 saturated carbocycles. The van der Waals surface area contributed by atoms with Crippen molar-refractivity contribution < 1.29 is 9.21 Å². The Morgan fingerprint density at radius 2 is 2.00 bits per heavy atom. The standard InChI is InChI=1S/C22H26N4O2S2/c1-15(2)16-7-9-17(10-8-16)21-23-12-18(30-21)14-29-22-25-24-19(28-22)13-26-11-5-3-4-6-20(26)27/h7-10,12,15H,3-6,11,13-14H2,1-2H3. The number of aromatic nitrogens is 3. The SMILES string of the molecule is CC(C)c1ccc(-c2ncc(CSc3nnc(CN4CCCCCC4=O)o3)s2)cc1. The number of hydrogen-bond donors (Lipinski definition) is 0. The summed E-state index contributed by atoms with van der Waals surface area (Å²) in [6.45, 7) is 5.57. The highest BCUT2D eigenvalue weighted by atomic mass is 32.2. The summed E-state index contributed by atoms with van der Waals surface area (Å²) in [5.74, 6) is 1.94. The predicted molar refractivity (Wildman–Crippen MR) is 119 cm³/mol. The third kappa shape index (κ3) is 5.29. The third-order valence-electron chi connectivity index (χ3n) is 5.16. The smallest absolute Gasteiger partial charge is 0.277 e. The molecule has 30 heavy (non-hydrogen) atoms. The number of thioether (sulfide) groups is 1. The van der Waals surface area contributed by atoms with Crippen LogP contribution in [0.2, 0.25) is 0 Å². The lowest BCUT2D eigenvalue weighted by atomic mass is 10.0. The van der Waals surface area contributed by atoms with Gasteiger partial charge in [0.2, 0.25) is 11.8 Å². The number of rotatable bonds is 7. The van der Waals surface area contributed by atoms with Crippen LogP contribution < -0.4 is 0 Å². The van der Waals surface area contributed by atoms with Crippen molar-refractivity contribution in [3.05, 3.63) is 46.8 Å². The van der Waals surface area contributed by atoms with E-state index in [2.05, 4.69) is 53.3 Å². The van der Waals surface area contributed by atoms with E-state index < -0.39 is 0 Å². The molecule has 0 unspecified atom stereocenters. The average Bonchev–Trinajstić information content (AvgIpc) is 3.35. The molecule has 4 rings (SSSR count). The first-order valence-electron chi connectivity index (χ1n) is 10.4. The van der Waals surface area contributed by atoms with Crippen molar-refractivity contribution in [1.29, 1.82) is 0 Å². The Hall–Kier alpha value is -2.19. The van der Waals surface area contributed by atoms with Crippen LogP contribution in [0.25, 0.3) is 10.6 Å². The zero-order chi connectivity index (χ0) is 20.9. The van der Waals surface area contributed by atoms with Crippen molar-refractivity contribution in [2.24, 2.45) is 0 Å². The molecule has 6 nitrogen and oxygen atoms in total. The minimum absolute atomic E-state index is 0.179. The van der Waals surface area contributed by atoms with Gasteiger partial charge in [-0.3, -0.25) is 4.79 Å². The molecule has 1 aromatic carbocycles. The van der Waals surface area contributed by atoms with Crippen molar-refractivity contribution >= 4 is 29.0 Å². The fourth-order valence-electron chi connectivity index (χ4n) is 3.38. The first kappa shape index (κ1) is 21.1. The molecule has 3 heterocycles. The van der Waals surface area contributed by atoms with Crippen molar-refractivity contribution in [2.75, 3.05) is 6.54 Å². The van der Waals surface area contributed by atoms with Gasteiger partial charge in [-0.25, -0.2) is 4.98 Å². The van der Waals surface area contributed by atoms with Crippen molar-refractivity contribution in [2.45, 2.75) is 63.0 Å². The molecule has 1 amide bonds. The van der Waals surface area contributed by atoms with Crippen molar-refractivity contribution in [1.82, 2.24) is 20.1 Å². The first-order chi connectivity index (χ1) is 14.6. The molecule has 3 aromatic rings. The summed E-state index contributed by atoms with van der Waals surface area (Å²) in [5.41, 5.74) is 2.48. The Bertz CT molecular complexity index is 981. The molecule has 0 atom stereocenters. The first-order valence-corrected chi connectivity index (χ1v) is 12.2. The molecule has 8 heteroatoms. The Morgan fingerprint density at radius 1 is 1.17 bits per heavy atom. The number of nitrogens with zero attached hydrogens (tertiary/aromatic N) is 4. The fraction of sp³-hybridized carbons (Fsp3) is 0.455. The van der Waals surface area contributed by atoms with Gasteiger partial charge >= 0.3 is 0 Å². The van der Waals surface area contributed by atoms with Gasteiger partial charge in [0.15, 0.2) is 0 Å². The normalized spacial score (nSPS) is 15.0. The molecule has 0 bridgehead atoms. The van der Waals surface area contributed by atoms with Crippen LogP contribution in [0.3, 0.4) is 0 Å². The summed E-state index contributed by atoms with van der Waals surface area (Å²) < 4.78 is 5.76. The number of carbonyl (C=O) groups is 1.